The molecule has 0 spiro atoms. The van der Waals surface area contributed by atoms with E-state index < -0.39 is 11.6 Å². The molecule has 1 fully saturated rings. The lowest BCUT2D eigenvalue weighted by Crippen LogP contribution is -2.51. The third-order valence-corrected chi connectivity index (χ3v) is 3.31. The van der Waals surface area contributed by atoms with Gasteiger partial charge in [-0.3, -0.25) is 4.79 Å². The second kappa shape index (κ2) is 6.95. The molecule has 7 nitrogen and oxygen atoms in total. The minimum atomic E-state index is -0.542. The van der Waals surface area contributed by atoms with Gasteiger partial charge in [0, 0.05) is 26.4 Å². The minimum absolute atomic E-state index is 0.00359. The molecule has 1 amide bonds. The monoisotopic (exact) mass is 321 g/mol. The highest BCUT2D eigenvalue weighted by Gasteiger charge is 2.25. The third kappa shape index (κ3) is 4.66. The fourth-order valence-corrected chi connectivity index (χ4v) is 2.23. The summed E-state index contributed by atoms with van der Waals surface area (Å²) in [6.07, 6.45) is 1.48. The van der Waals surface area contributed by atoms with E-state index in [1.807, 2.05) is 25.7 Å². The molecule has 1 saturated heterocycles. The van der Waals surface area contributed by atoms with Crippen LogP contribution in [0.15, 0.2) is 18.3 Å². The summed E-state index contributed by atoms with van der Waals surface area (Å²) in [7, 11) is 1.57. The SMILES string of the molecule is COCN1CCN(c2ccc(C(=O)OC(C)(C)C)cn2)CC1=O. The molecular formula is C16H23N3O4. The molecule has 7 heteroatoms. The molecule has 2 heterocycles. The number of piperazine rings is 1. The zero-order valence-corrected chi connectivity index (χ0v) is 14.0. The fraction of sp³-hybridized carbons (Fsp3) is 0.562. The molecule has 126 valence electrons. The molecule has 0 bridgehead atoms. The van der Waals surface area contributed by atoms with Crippen LogP contribution in [0.25, 0.3) is 0 Å². The zero-order chi connectivity index (χ0) is 17.0. The van der Waals surface area contributed by atoms with Crippen LogP contribution in [0.3, 0.4) is 0 Å². The largest absolute Gasteiger partial charge is 0.456 e. The van der Waals surface area contributed by atoms with Crippen molar-refractivity contribution >= 4 is 17.7 Å². The number of carbonyl (C=O) groups excluding carboxylic acids is 2. The quantitative estimate of drug-likeness (QED) is 0.778. The van der Waals surface area contributed by atoms with E-state index in [1.54, 1.807) is 24.1 Å². The van der Waals surface area contributed by atoms with Crippen LogP contribution in [0.4, 0.5) is 5.82 Å². The van der Waals surface area contributed by atoms with Gasteiger partial charge in [-0.15, -0.1) is 0 Å². The van der Waals surface area contributed by atoms with Crippen molar-refractivity contribution in [2.45, 2.75) is 26.4 Å². The Balaban J connectivity index is 2.00. The molecular weight excluding hydrogens is 298 g/mol. The standard InChI is InChI=1S/C16H23N3O4/c1-16(2,3)23-15(21)12-5-6-13(17-9-12)18-7-8-19(11-22-4)14(20)10-18/h5-6,9H,7-8,10-11H2,1-4H3. The van der Waals surface area contributed by atoms with Crippen LogP contribution in [0.2, 0.25) is 0 Å². The molecule has 0 aliphatic carbocycles. The lowest BCUT2D eigenvalue weighted by atomic mass is 10.2. The molecule has 1 aliphatic rings. The number of aromatic nitrogens is 1. The molecule has 1 aliphatic heterocycles. The van der Waals surface area contributed by atoms with E-state index in [0.29, 0.717) is 31.2 Å². The minimum Gasteiger partial charge on any atom is -0.456 e. The van der Waals surface area contributed by atoms with Gasteiger partial charge in [0.25, 0.3) is 0 Å². The van der Waals surface area contributed by atoms with E-state index in [9.17, 15) is 9.59 Å². The molecule has 23 heavy (non-hydrogen) atoms. The van der Waals surface area contributed by atoms with Gasteiger partial charge >= 0.3 is 5.97 Å². The van der Waals surface area contributed by atoms with E-state index in [2.05, 4.69) is 4.98 Å². The van der Waals surface area contributed by atoms with Gasteiger partial charge in [-0.05, 0) is 32.9 Å². The number of anilines is 1. The molecule has 0 aromatic carbocycles. The second-order valence-electron chi connectivity index (χ2n) is 6.40. The topological polar surface area (TPSA) is 72.0 Å². The fourth-order valence-electron chi connectivity index (χ4n) is 2.23. The van der Waals surface area contributed by atoms with Crippen molar-refractivity contribution < 1.29 is 19.1 Å². The first-order chi connectivity index (χ1) is 10.8. The molecule has 2 rings (SSSR count). The van der Waals surface area contributed by atoms with Crippen molar-refractivity contribution in [3.63, 3.8) is 0 Å². The van der Waals surface area contributed by atoms with E-state index in [-0.39, 0.29) is 12.5 Å². The summed E-state index contributed by atoms with van der Waals surface area (Å²) in [4.78, 5) is 31.8. The molecule has 1 aromatic heterocycles. The van der Waals surface area contributed by atoms with Gasteiger partial charge in [0.05, 0.1) is 12.1 Å². The Morgan fingerprint density at radius 3 is 2.57 bits per heavy atom. The highest BCUT2D eigenvalue weighted by Crippen LogP contribution is 2.17. The number of carbonyl (C=O) groups is 2. The molecule has 0 atom stereocenters. The molecule has 0 saturated carbocycles. The number of nitrogens with zero attached hydrogens (tertiary/aromatic N) is 3. The maximum absolute atomic E-state index is 12.0. The van der Waals surface area contributed by atoms with Gasteiger partial charge < -0.3 is 19.3 Å². The lowest BCUT2D eigenvalue weighted by molar-refractivity contribution is -0.135. The first-order valence-electron chi connectivity index (χ1n) is 7.51. The van der Waals surface area contributed by atoms with Gasteiger partial charge in [-0.2, -0.15) is 0 Å². The number of hydrogen-bond donors (Lipinski definition) is 0. The van der Waals surface area contributed by atoms with E-state index in [4.69, 9.17) is 9.47 Å². The predicted octanol–water partition coefficient (Wildman–Crippen LogP) is 1.29. The first-order valence-corrected chi connectivity index (χ1v) is 7.51. The summed E-state index contributed by atoms with van der Waals surface area (Å²) in [6.45, 7) is 7.27. The van der Waals surface area contributed by atoms with Gasteiger partial charge in [-0.25, -0.2) is 9.78 Å². The number of rotatable bonds is 4. The van der Waals surface area contributed by atoms with E-state index in [1.165, 1.54) is 6.20 Å². The molecule has 1 aromatic rings. The lowest BCUT2D eigenvalue weighted by Gasteiger charge is -2.34. The Bertz CT molecular complexity index is 566. The van der Waals surface area contributed by atoms with Crippen LogP contribution in [-0.4, -0.2) is 60.8 Å². The van der Waals surface area contributed by atoms with E-state index in [0.717, 1.165) is 0 Å². The maximum atomic E-state index is 12.0. The van der Waals surface area contributed by atoms with Crippen molar-refractivity contribution in [3.05, 3.63) is 23.9 Å². The summed E-state index contributed by atoms with van der Waals surface area (Å²) < 4.78 is 10.3. The Labute approximate surface area is 136 Å². The Kier molecular flexibility index (Phi) is 5.20. The first kappa shape index (κ1) is 17.2. The number of amides is 1. The van der Waals surface area contributed by atoms with Crippen LogP contribution in [0.5, 0.6) is 0 Å². The number of esters is 1. The Hall–Kier alpha value is -2.15. The molecule has 0 radical (unpaired) electrons. The second-order valence-corrected chi connectivity index (χ2v) is 6.40. The van der Waals surface area contributed by atoms with Crippen LogP contribution in [0, 0.1) is 0 Å². The smallest absolute Gasteiger partial charge is 0.340 e. The van der Waals surface area contributed by atoms with Crippen LogP contribution < -0.4 is 4.90 Å². The summed E-state index contributed by atoms with van der Waals surface area (Å²) >= 11 is 0. The third-order valence-electron chi connectivity index (χ3n) is 3.31. The van der Waals surface area contributed by atoms with Crippen molar-refractivity contribution in [2.24, 2.45) is 0 Å². The summed E-state index contributed by atoms with van der Waals surface area (Å²) in [5, 5.41) is 0. The molecule has 0 N–H and O–H groups in total. The normalized spacial score (nSPS) is 15.7. The van der Waals surface area contributed by atoms with Crippen molar-refractivity contribution in [1.29, 1.82) is 0 Å². The maximum Gasteiger partial charge on any atom is 0.340 e. The number of pyridine rings is 1. The van der Waals surface area contributed by atoms with Gasteiger partial charge in [0.1, 0.15) is 18.1 Å². The summed E-state index contributed by atoms with van der Waals surface area (Å²) in [5.41, 5.74) is -0.145. The number of hydrogen-bond acceptors (Lipinski definition) is 6. The summed E-state index contributed by atoms with van der Waals surface area (Å²) in [5.74, 6) is 0.261. The van der Waals surface area contributed by atoms with Crippen molar-refractivity contribution in [2.75, 3.05) is 38.4 Å². The zero-order valence-electron chi connectivity index (χ0n) is 14.0. The van der Waals surface area contributed by atoms with E-state index >= 15 is 0 Å². The van der Waals surface area contributed by atoms with Gasteiger partial charge in [0.2, 0.25) is 5.91 Å². The average molecular weight is 321 g/mol. The van der Waals surface area contributed by atoms with Crippen LogP contribution >= 0.6 is 0 Å². The highest BCUT2D eigenvalue weighted by molar-refractivity contribution is 5.89. The number of ether oxygens (including phenoxy) is 2. The van der Waals surface area contributed by atoms with Gasteiger partial charge in [0.15, 0.2) is 0 Å². The van der Waals surface area contributed by atoms with Crippen molar-refractivity contribution in [3.8, 4) is 0 Å². The highest BCUT2D eigenvalue weighted by atomic mass is 16.6. The van der Waals surface area contributed by atoms with Crippen LogP contribution in [0.1, 0.15) is 31.1 Å². The summed E-state index contributed by atoms with van der Waals surface area (Å²) in [6, 6.07) is 3.40. The van der Waals surface area contributed by atoms with Crippen molar-refractivity contribution in [1.82, 2.24) is 9.88 Å². The van der Waals surface area contributed by atoms with Gasteiger partial charge in [-0.1, -0.05) is 0 Å². The molecule has 0 unspecified atom stereocenters. The Morgan fingerprint density at radius 1 is 1.30 bits per heavy atom. The Morgan fingerprint density at radius 2 is 2.04 bits per heavy atom. The van der Waals surface area contributed by atoms with Crippen LogP contribution in [-0.2, 0) is 14.3 Å². The number of methoxy groups -OCH3 is 1. The average Bonchev–Trinajstić information content (AvgIpc) is 2.48. The predicted molar refractivity (Wildman–Crippen MR) is 85.2 cm³/mol.